The molecule has 0 aromatic heterocycles. The van der Waals surface area contributed by atoms with Gasteiger partial charge < -0.3 is 25.2 Å². The molecule has 1 unspecified atom stereocenters. The Bertz CT molecular complexity index is 803. The number of methoxy groups -OCH3 is 2. The van der Waals surface area contributed by atoms with Gasteiger partial charge >= 0.3 is 0 Å². The Balaban J connectivity index is 2.06. The minimum atomic E-state index is -0.896. The Morgan fingerprint density at radius 2 is 1.74 bits per heavy atom. The summed E-state index contributed by atoms with van der Waals surface area (Å²) in [5.41, 5.74) is 1.38. The van der Waals surface area contributed by atoms with Gasteiger partial charge in [0.25, 0.3) is 0 Å². The molecule has 2 aromatic carbocycles. The quantitative estimate of drug-likeness (QED) is 0.531. The van der Waals surface area contributed by atoms with E-state index in [1.165, 1.54) is 20.3 Å². The molecule has 6 nitrogen and oxygen atoms in total. The van der Waals surface area contributed by atoms with E-state index in [2.05, 4.69) is 15.6 Å². The summed E-state index contributed by atoms with van der Waals surface area (Å²) in [6.45, 7) is 2.18. The number of hydrogen-bond donors (Lipinski definition) is 3. The van der Waals surface area contributed by atoms with Crippen LogP contribution >= 0.6 is 0 Å². The first-order chi connectivity index (χ1) is 12.9. The minimum Gasteiger partial charge on any atom is -0.502 e. The summed E-state index contributed by atoms with van der Waals surface area (Å²) in [6, 6.07) is 6.81. The molecule has 0 saturated heterocycles. The Labute approximate surface area is 156 Å². The van der Waals surface area contributed by atoms with E-state index >= 15 is 0 Å². The molecule has 0 heterocycles. The maximum absolute atomic E-state index is 13.4. The third kappa shape index (κ3) is 4.99. The van der Waals surface area contributed by atoms with Gasteiger partial charge in [0.2, 0.25) is 5.75 Å². The lowest BCUT2D eigenvalue weighted by Crippen LogP contribution is -2.38. The standard InChI is InChI=1S/C19H23F2N3O3/c1-11(13-5-6-14(20)15(21)9-13)24-19(22-2)23-10-12-7-16(26-3)18(25)17(8-12)27-4/h5-9,11,25H,10H2,1-4H3,(H2,22,23,24). The lowest BCUT2D eigenvalue weighted by Gasteiger charge is -2.19. The van der Waals surface area contributed by atoms with E-state index in [1.807, 2.05) is 6.92 Å². The zero-order valence-electron chi connectivity index (χ0n) is 15.6. The minimum absolute atomic E-state index is 0.0711. The van der Waals surface area contributed by atoms with Crippen LogP contribution in [0.25, 0.3) is 0 Å². The van der Waals surface area contributed by atoms with Gasteiger partial charge in [-0.05, 0) is 42.3 Å². The second-order valence-electron chi connectivity index (χ2n) is 5.81. The average Bonchev–Trinajstić information content (AvgIpc) is 2.67. The highest BCUT2D eigenvalue weighted by Gasteiger charge is 2.13. The predicted octanol–water partition coefficient (Wildman–Crippen LogP) is 3.11. The number of nitrogens with one attached hydrogen (secondary N) is 2. The molecule has 1 atom stereocenters. The molecule has 3 N–H and O–H groups in total. The molecule has 2 aromatic rings. The van der Waals surface area contributed by atoms with Gasteiger partial charge in [0.05, 0.1) is 20.3 Å². The zero-order valence-corrected chi connectivity index (χ0v) is 15.6. The van der Waals surface area contributed by atoms with Crippen LogP contribution in [0.4, 0.5) is 8.78 Å². The largest absolute Gasteiger partial charge is 0.502 e. The van der Waals surface area contributed by atoms with Crippen molar-refractivity contribution in [2.45, 2.75) is 19.5 Å². The lowest BCUT2D eigenvalue weighted by atomic mass is 10.1. The number of guanidine groups is 1. The van der Waals surface area contributed by atoms with Gasteiger partial charge in [0, 0.05) is 13.6 Å². The van der Waals surface area contributed by atoms with Gasteiger partial charge in [-0.1, -0.05) is 6.07 Å². The van der Waals surface area contributed by atoms with Crippen molar-refractivity contribution in [3.63, 3.8) is 0 Å². The molecule has 27 heavy (non-hydrogen) atoms. The SMILES string of the molecule is CN=C(NCc1cc(OC)c(O)c(OC)c1)NC(C)c1ccc(F)c(F)c1. The zero-order chi connectivity index (χ0) is 20.0. The fourth-order valence-corrected chi connectivity index (χ4v) is 2.50. The van der Waals surface area contributed by atoms with Crippen molar-refractivity contribution in [1.29, 1.82) is 0 Å². The Kier molecular flexibility index (Phi) is 6.81. The number of hydrogen-bond acceptors (Lipinski definition) is 4. The molecule has 0 amide bonds. The second kappa shape index (κ2) is 9.07. The highest BCUT2D eigenvalue weighted by Crippen LogP contribution is 2.37. The van der Waals surface area contributed by atoms with Gasteiger partial charge in [-0.15, -0.1) is 0 Å². The first kappa shape index (κ1) is 20.3. The number of rotatable bonds is 6. The van der Waals surface area contributed by atoms with Crippen molar-refractivity contribution in [3.8, 4) is 17.2 Å². The van der Waals surface area contributed by atoms with E-state index in [4.69, 9.17) is 9.47 Å². The van der Waals surface area contributed by atoms with Crippen molar-refractivity contribution < 1.29 is 23.4 Å². The molecular formula is C19H23F2N3O3. The number of phenolic OH excluding ortho intramolecular Hbond substituents is 1. The molecular weight excluding hydrogens is 356 g/mol. The summed E-state index contributed by atoms with van der Waals surface area (Å²) in [5.74, 6) is -0.791. The van der Waals surface area contributed by atoms with Crippen LogP contribution in [0.2, 0.25) is 0 Å². The Morgan fingerprint density at radius 1 is 1.11 bits per heavy atom. The number of phenols is 1. The monoisotopic (exact) mass is 379 g/mol. The van der Waals surface area contributed by atoms with Crippen molar-refractivity contribution in [2.75, 3.05) is 21.3 Å². The number of ether oxygens (including phenoxy) is 2. The van der Waals surface area contributed by atoms with Gasteiger partial charge in [-0.2, -0.15) is 0 Å². The smallest absolute Gasteiger partial charge is 0.200 e. The third-order valence-electron chi connectivity index (χ3n) is 4.02. The average molecular weight is 379 g/mol. The van der Waals surface area contributed by atoms with Crippen LogP contribution in [0.1, 0.15) is 24.1 Å². The Morgan fingerprint density at radius 3 is 2.26 bits per heavy atom. The molecule has 0 saturated carbocycles. The van der Waals surface area contributed by atoms with Gasteiger partial charge in [-0.25, -0.2) is 8.78 Å². The number of aliphatic imine (C=N–C) groups is 1. The third-order valence-corrected chi connectivity index (χ3v) is 4.02. The van der Waals surface area contributed by atoms with Crippen LogP contribution in [0, 0.1) is 11.6 Å². The van der Waals surface area contributed by atoms with Gasteiger partial charge in [0.15, 0.2) is 29.1 Å². The summed E-state index contributed by atoms with van der Waals surface area (Å²) >= 11 is 0. The molecule has 0 radical (unpaired) electrons. The summed E-state index contributed by atoms with van der Waals surface area (Å²) in [7, 11) is 4.51. The fraction of sp³-hybridized carbons (Fsp3) is 0.316. The van der Waals surface area contributed by atoms with Crippen molar-refractivity contribution in [2.24, 2.45) is 4.99 Å². The summed E-state index contributed by atoms with van der Waals surface area (Å²) < 4.78 is 36.8. The second-order valence-corrected chi connectivity index (χ2v) is 5.81. The molecule has 0 aliphatic rings. The molecule has 0 aliphatic carbocycles. The summed E-state index contributed by atoms with van der Waals surface area (Å²) in [5, 5.41) is 16.2. The molecule has 0 aliphatic heterocycles. The molecule has 146 valence electrons. The van der Waals surface area contributed by atoms with Crippen molar-refractivity contribution in [3.05, 3.63) is 53.1 Å². The summed E-state index contributed by atoms with van der Waals surface area (Å²) in [6.07, 6.45) is 0. The first-order valence-corrected chi connectivity index (χ1v) is 8.25. The Hall–Kier alpha value is -3.03. The predicted molar refractivity (Wildman–Crippen MR) is 99.3 cm³/mol. The highest BCUT2D eigenvalue weighted by atomic mass is 19.2. The molecule has 2 rings (SSSR count). The van der Waals surface area contributed by atoms with E-state index in [0.717, 1.165) is 17.7 Å². The van der Waals surface area contributed by atoms with Gasteiger partial charge in [-0.3, -0.25) is 4.99 Å². The van der Waals surface area contributed by atoms with Crippen molar-refractivity contribution >= 4 is 5.96 Å². The van der Waals surface area contributed by atoms with Crippen LogP contribution < -0.4 is 20.1 Å². The topological polar surface area (TPSA) is 75.1 Å². The highest BCUT2D eigenvalue weighted by molar-refractivity contribution is 5.80. The summed E-state index contributed by atoms with van der Waals surface area (Å²) in [4.78, 5) is 4.13. The van der Waals surface area contributed by atoms with Crippen LogP contribution in [0.5, 0.6) is 17.2 Å². The maximum atomic E-state index is 13.4. The van der Waals surface area contributed by atoms with Crippen molar-refractivity contribution in [1.82, 2.24) is 10.6 Å². The number of halogens is 2. The molecule has 8 heteroatoms. The molecule has 0 bridgehead atoms. The lowest BCUT2D eigenvalue weighted by molar-refractivity contribution is 0.339. The van der Waals surface area contributed by atoms with Crippen LogP contribution in [0.3, 0.4) is 0 Å². The number of benzene rings is 2. The van der Waals surface area contributed by atoms with E-state index in [0.29, 0.717) is 29.6 Å². The number of nitrogens with zero attached hydrogens (tertiary/aromatic N) is 1. The van der Waals surface area contributed by atoms with E-state index in [1.54, 1.807) is 19.2 Å². The van der Waals surface area contributed by atoms with Gasteiger partial charge in [0.1, 0.15) is 0 Å². The van der Waals surface area contributed by atoms with E-state index in [9.17, 15) is 13.9 Å². The normalized spacial score (nSPS) is 12.4. The fourth-order valence-electron chi connectivity index (χ4n) is 2.50. The first-order valence-electron chi connectivity index (χ1n) is 8.25. The molecule has 0 spiro atoms. The molecule has 0 fully saturated rings. The van der Waals surface area contributed by atoms with Crippen LogP contribution in [0.15, 0.2) is 35.3 Å². The van der Waals surface area contributed by atoms with Crippen LogP contribution in [-0.4, -0.2) is 32.3 Å². The van der Waals surface area contributed by atoms with E-state index < -0.39 is 11.6 Å². The van der Waals surface area contributed by atoms with Crippen LogP contribution in [-0.2, 0) is 6.54 Å². The number of aromatic hydroxyl groups is 1. The maximum Gasteiger partial charge on any atom is 0.200 e. The van der Waals surface area contributed by atoms with E-state index in [-0.39, 0.29) is 11.8 Å².